The minimum atomic E-state index is 0. The standard InChI is InChI=1S/C20H20N4S.ClH/c1-13-21-16-12-15(18-11-14-7-3-4-8-17(14)25-18)23-19(16)20(22-13)24-9-5-2-6-10-24;/h3-4,7-8,11-12,23H,2,5-6,9-10H2,1H3;1H. The second-order valence-electron chi connectivity index (χ2n) is 6.83. The third kappa shape index (κ3) is 3.00. The van der Waals surface area contributed by atoms with Crippen molar-refractivity contribution in [3.8, 4) is 0 Å². The van der Waals surface area contributed by atoms with Crippen LogP contribution >= 0.6 is 11.3 Å². The number of halogens is 1. The smallest absolute Gasteiger partial charge is 0.203 e. The predicted molar refractivity (Wildman–Crippen MR) is 104 cm³/mol. The van der Waals surface area contributed by atoms with Crippen LogP contribution < -0.4 is 22.6 Å². The summed E-state index contributed by atoms with van der Waals surface area (Å²) >= 11 is 1.85. The van der Waals surface area contributed by atoms with E-state index in [1.807, 2.05) is 18.3 Å². The molecule has 0 radical (unpaired) electrons. The molecule has 1 saturated heterocycles. The molecule has 0 atom stereocenters. The van der Waals surface area contributed by atoms with Crippen LogP contribution in [0, 0.1) is 6.92 Å². The third-order valence-electron chi connectivity index (χ3n) is 5.02. The molecule has 26 heavy (non-hydrogen) atoms. The van der Waals surface area contributed by atoms with Crippen molar-refractivity contribution < 1.29 is 17.7 Å². The number of nitrogens with zero attached hydrogens (tertiary/aromatic N) is 3. The number of thiophene rings is 1. The molecule has 4 nitrogen and oxygen atoms in total. The van der Waals surface area contributed by atoms with Gasteiger partial charge in [0.25, 0.3) is 0 Å². The Kier molecular flexibility index (Phi) is 4.69. The van der Waals surface area contributed by atoms with Crippen LogP contribution in [0.15, 0.2) is 30.3 Å². The van der Waals surface area contributed by atoms with Crippen LogP contribution in [0.5, 0.6) is 0 Å². The highest BCUT2D eigenvalue weighted by Gasteiger charge is 2.29. The molecule has 6 heteroatoms. The lowest BCUT2D eigenvalue weighted by Gasteiger charge is -2.28. The molecule has 1 fully saturated rings. The van der Waals surface area contributed by atoms with Gasteiger partial charge in [0.2, 0.25) is 5.69 Å². The summed E-state index contributed by atoms with van der Waals surface area (Å²) in [4.78, 5) is 13.2. The van der Waals surface area contributed by atoms with Crippen LogP contribution in [0.4, 0.5) is 11.5 Å². The Hall–Kier alpha value is -1.95. The second-order valence-corrected chi connectivity index (χ2v) is 7.92. The number of rotatable bonds is 2. The number of aromatic nitrogens is 2. The van der Waals surface area contributed by atoms with Gasteiger partial charge in [-0.05, 0) is 43.7 Å². The fourth-order valence-electron chi connectivity index (χ4n) is 3.79. The van der Waals surface area contributed by atoms with E-state index in [0.29, 0.717) is 0 Å². The Morgan fingerprint density at radius 1 is 1.08 bits per heavy atom. The number of aryl methyl sites for hydroxylation is 1. The maximum atomic E-state index is 4.79. The largest absolute Gasteiger partial charge is 1.00 e. The van der Waals surface area contributed by atoms with Crippen molar-refractivity contribution in [1.82, 2.24) is 9.97 Å². The second kappa shape index (κ2) is 6.99. The topological polar surface area (TPSA) is 45.6 Å². The van der Waals surface area contributed by atoms with Crippen LogP contribution in [-0.2, 0) is 0 Å². The number of piperidine rings is 1. The fourth-order valence-corrected chi connectivity index (χ4v) is 4.84. The summed E-state index contributed by atoms with van der Waals surface area (Å²) in [5.41, 5.74) is 3.52. The van der Waals surface area contributed by atoms with Gasteiger partial charge < -0.3 is 17.3 Å². The zero-order chi connectivity index (χ0) is 16.8. The molecule has 2 aliphatic rings. The molecule has 0 aliphatic carbocycles. The molecule has 4 heterocycles. The van der Waals surface area contributed by atoms with Crippen molar-refractivity contribution in [3.63, 3.8) is 0 Å². The highest BCUT2D eigenvalue weighted by Crippen LogP contribution is 2.35. The number of benzene rings is 1. The van der Waals surface area contributed by atoms with Crippen molar-refractivity contribution in [2.75, 3.05) is 18.0 Å². The summed E-state index contributed by atoms with van der Waals surface area (Å²) in [5.74, 6) is 1.98. The first-order valence-corrected chi connectivity index (χ1v) is 9.78. The summed E-state index contributed by atoms with van der Waals surface area (Å²) in [7, 11) is 0. The lowest BCUT2D eigenvalue weighted by atomic mass is 10.1. The quantitative estimate of drug-likeness (QED) is 0.707. The minimum Gasteiger partial charge on any atom is -1.00 e. The van der Waals surface area contributed by atoms with Gasteiger partial charge >= 0.3 is 0 Å². The van der Waals surface area contributed by atoms with Gasteiger partial charge in [-0.15, -0.1) is 11.3 Å². The first kappa shape index (κ1) is 17.5. The Morgan fingerprint density at radius 2 is 1.88 bits per heavy atom. The first-order chi connectivity index (χ1) is 12.3. The van der Waals surface area contributed by atoms with E-state index >= 15 is 0 Å². The van der Waals surface area contributed by atoms with E-state index in [0.717, 1.165) is 30.4 Å². The zero-order valence-corrected chi connectivity index (χ0v) is 16.3. The average Bonchev–Trinajstić information content (AvgIpc) is 3.25. The molecule has 0 amide bonds. The molecule has 0 spiro atoms. The van der Waals surface area contributed by atoms with Crippen molar-refractivity contribution in [3.05, 3.63) is 46.7 Å². The fraction of sp³-hybridized carbons (Fsp3) is 0.300. The van der Waals surface area contributed by atoms with Crippen LogP contribution in [0.2, 0.25) is 0 Å². The van der Waals surface area contributed by atoms with Crippen molar-refractivity contribution in [2.45, 2.75) is 26.2 Å². The van der Waals surface area contributed by atoms with Gasteiger partial charge in [0, 0.05) is 23.9 Å². The maximum Gasteiger partial charge on any atom is 0.203 e. The Labute approximate surface area is 163 Å². The highest BCUT2D eigenvalue weighted by molar-refractivity contribution is 7.20. The van der Waals surface area contributed by atoms with E-state index in [2.05, 4.69) is 46.6 Å². The van der Waals surface area contributed by atoms with E-state index in [1.165, 1.54) is 45.6 Å². The Balaban J connectivity index is 0.00000168. The summed E-state index contributed by atoms with van der Waals surface area (Å²) in [6.45, 7) is 4.21. The Morgan fingerprint density at radius 3 is 2.69 bits per heavy atom. The molecule has 134 valence electrons. The van der Waals surface area contributed by atoms with Gasteiger partial charge in [-0.25, -0.2) is 9.97 Å². The lowest BCUT2D eigenvalue weighted by Crippen LogP contribution is -3.00. The number of hydrogen-bond acceptors (Lipinski definition) is 4. The number of anilines is 1. The Bertz CT molecular complexity index is 956. The SMILES string of the molecule is Cc1nc2c(c(N3CCCCC3)n1)[NH2+]C(c1cc3ccccc3s1)=C2.[Cl-]. The maximum absolute atomic E-state index is 4.79. The molecular formula is C20H21ClN4S. The molecule has 2 aromatic heterocycles. The number of hydrogen-bond donors (Lipinski definition) is 1. The molecule has 2 aliphatic heterocycles. The van der Waals surface area contributed by atoms with Gasteiger partial charge in [0.1, 0.15) is 11.5 Å². The average molecular weight is 385 g/mol. The van der Waals surface area contributed by atoms with Crippen LogP contribution in [0.1, 0.15) is 35.7 Å². The molecule has 0 unspecified atom stereocenters. The van der Waals surface area contributed by atoms with Crippen LogP contribution in [-0.4, -0.2) is 23.1 Å². The first-order valence-electron chi connectivity index (χ1n) is 8.97. The molecular weight excluding hydrogens is 364 g/mol. The molecule has 2 N–H and O–H groups in total. The lowest BCUT2D eigenvalue weighted by molar-refractivity contribution is -0.464. The molecule has 0 saturated carbocycles. The monoisotopic (exact) mass is 384 g/mol. The van der Waals surface area contributed by atoms with Gasteiger partial charge in [-0.2, -0.15) is 0 Å². The molecule has 0 bridgehead atoms. The number of nitrogens with two attached hydrogens (primary N) is 1. The van der Waals surface area contributed by atoms with E-state index < -0.39 is 0 Å². The van der Waals surface area contributed by atoms with Crippen LogP contribution in [0.3, 0.4) is 0 Å². The predicted octanol–water partition coefficient (Wildman–Crippen LogP) is 0.701. The summed E-state index contributed by atoms with van der Waals surface area (Å²) in [5, 5.41) is 3.59. The molecule has 1 aromatic carbocycles. The third-order valence-corrected chi connectivity index (χ3v) is 6.19. The van der Waals surface area contributed by atoms with Crippen LogP contribution in [0.25, 0.3) is 21.9 Å². The van der Waals surface area contributed by atoms with Crippen molar-refractivity contribution >= 4 is 44.7 Å². The van der Waals surface area contributed by atoms with E-state index in [1.54, 1.807) is 0 Å². The zero-order valence-electron chi connectivity index (χ0n) is 14.7. The van der Waals surface area contributed by atoms with Gasteiger partial charge in [-0.1, -0.05) is 18.2 Å². The number of fused-ring (bicyclic) bond motifs is 2. The van der Waals surface area contributed by atoms with Gasteiger partial charge in [0.05, 0.1) is 4.88 Å². The summed E-state index contributed by atoms with van der Waals surface area (Å²) < 4.78 is 1.33. The minimum absolute atomic E-state index is 0. The summed E-state index contributed by atoms with van der Waals surface area (Å²) in [6.07, 6.45) is 6.07. The normalized spacial score (nSPS) is 16.3. The van der Waals surface area contributed by atoms with E-state index in [4.69, 9.17) is 9.97 Å². The summed E-state index contributed by atoms with van der Waals surface area (Å²) in [6, 6.07) is 10.9. The van der Waals surface area contributed by atoms with Crippen molar-refractivity contribution in [2.24, 2.45) is 0 Å². The van der Waals surface area contributed by atoms with Gasteiger partial charge in [-0.3, -0.25) is 5.32 Å². The highest BCUT2D eigenvalue weighted by atomic mass is 35.5. The van der Waals surface area contributed by atoms with E-state index in [-0.39, 0.29) is 12.4 Å². The molecule has 3 aromatic rings. The van der Waals surface area contributed by atoms with Crippen molar-refractivity contribution in [1.29, 1.82) is 0 Å². The van der Waals surface area contributed by atoms with E-state index in [9.17, 15) is 0 Å². The van der Waals surface area contributed by atoms with Gasteiger partial charge in [0.15, 0.2) is 11.5 Å². The number of quaternary nitrogens is 1. The molecule has 5 rings (SSSR count).